The fourth-order valence-electron chi connectivity index (χ4n) is 4.04. The van der Waals surface area contributed by atoms with Crippen molar-refractivity contribution in [2.45, 2.75) is 13.1 Å². The Morgan fingerprint density at radius 3 is 2.47 bits per heavy atom. The van der Waals surface area contributed by atoms with Crippen LogP contribution in [0.25, 0.3) is 0 Å². The molecule has 6 nitrogen and oxygen atoms in total. The molecule has 0 N–H and O–H groups in total. The Labute approximate surface area is 223 Å². The molecule has 2 aromatic carbocycles. The zero-order valence-electron chi connectivity index (χ0n) is 19.9. The Hall–Kier alpha value is -2.59. The van der Waals surface area contributed by atoms with E-state index in [0.717, 1.165) is 28.0 Å². The summed E-state index contributed by atoms with van der Waals surface area (Å²) in [7, 11) is 0. The van der Waals surface area contributed by atoms with E-state index in [9.17, 15) is 14.0 Å². The normalized spacial score (nSPS) is 13.9. The van der Waals surface area contributed by atoms with Crippen LogP contribution in [0, 0.1) is 5.82 Å². The predicted molar refractivity (Wildman–Crippen MR) is 142 cm³/mol. The molecule has 9 heteroatoms. The average Bonchev–Trinajstić information content (AvgIpc) is 3.41. The number of amides is 2. The number of rotatable bonds is 10. The second-order valence-electron chi connectivity index (χ2n) is 8.65. The molecule has 0 atom stereocenters. The molecule has 3 aromatic rings. The summed E-state index contributed by atoms with van der Waals surface area (Å²) in [6.45, 7) is 4.77. The van der Waals surface area contributed by atoms with Gasteiger partial charge in [0.2, 0.25) is 5.91 Å². The Morgan fingerprint density at radius 2 is 1.78 bits per heavy atom. The fraction of sp³-hybridized carbons (Fsp3) is 0.333. The SMILES string of the molecule is O=C(CN(CCN1CCOCC1)C(=O)c1cccc(Br)c1)N(Cc1ccc(F)cc1)Cc1cccs1. The third kappa shape index (κ3) is 7.70. The molecule has 1 fully saturated rings. The molecule has 36 heavy (non-hydrogen) atoms. The summed E-state index contributed by atoms with van der Waals surface area (Å²) in [5, 5.41) is 1.97. The van der Waals surface area contributed by atoms with Gasteiger partial charge in [0.1, 0.15) is 12.4 Å². The fourth-order valence-corrected chi connectivity index (χ4v) is 5.16. The van der Waals surface area contributed by atoms with Gasteiger partial charge in [-0.1, -0.05) is 40.2 Å². The van der Waals surface area contributed by atoms with Gasteiger partial charge in [-0.05, 0) is 47.3 Å². The molecular weight excluding hydrogens is 545 g/mol. The first-order valence-electron chi connectivity index (χ1n) is 11.9. The number of hydrogen-bond acceptors (Lipinski definition) is 5. The van der Waals surface area contributed by atoms with E-state index in [4.69, 9.17) is 4.74 Å². The molecule has 0 radical (unpaired) electrons. The predicted octanol–water partition coefficient (Wildman–Crippen LogP) is 4.65. The van der Waals surface area contributed by atoms with Gasteiger partial charge in [-0.15, -0.1) is 11.3 Å². The number of hydrogen-bond donors (Lipinski definition) is 0. The minimum absolute atomic E-state index is 0.0394. The largest absolute Gasteiger partial charge is 0.379 e. The van der Waals surface area contributed by atoms with E-state index < -0.39 is 0 Å². The Kier molecular flexibility index (Phi) is 9.63. The van der Waals surface area contributed by atoms with Gasteiger partial charge in [0.15, 0.2) is 0 Å². The highest BCUT2D eigenvalue weighted by molar-refractivity contribution is 9.10. The minimum atomic E-state index is -0.316. The first-order chi connectivity index (χ1) is 17.5. The topological polar surface area (TPSA) is 53.1 Å². The molecule has 1 aliphatic heterocycles. The maximum absolute atomic E-state index is 13.6. The summed E-state index contributed by atoms with van der Waals surface area (Å²) in [4.78, 5) is 33.8. The zero-order chi connectivity index (χ0) is 25.3. The van der Waals surface area contributed by atoms with Crippen molar-refractivity contribution in [1.82, 2.24) is 14.7 Å². The lowest BCUT2D eigenvalue weighted by molar-refractivity contribution is -0.133. The lowest BCUT2D eigenvalue weighted by Crippen LogP contribution is -2.47. The monoisotopic (exact) mass is 573 g/mol. The van der Waals surface area contributed by atoms with E-state index in [1.807, 2.05) is 29.6 Å². The van der Waals surface area contributed by atoms with Crippen LogP contribution >= 0.6 is 27.3 Å². The quantitative estimate of drug-likeness (QED) is 0.354. The maximum atomic E-state index is 13.6. The Balaban J connectivity index is 1.52. The molecule has 4 rings (SSSR count). The van der Waals surface area contributed by atoms with Gasteiger partial charge < -0.3 is 14.5 Å². The van der Waals surface area contributed by atoms with Gasteiger partial charge in [0.25, 0.3) is 5.91 Å². The summed E-state index contributed by atoms with van der Waals surface area (Å²) in [6, 6.07) is 17.3. The van der Waals surface area contributed by atoms with Gasteiger partial charge in [-0.2, -0.15) is 0 Å². The molecule has 2 amide bonds. The molecule has 0 unspecified atom stereocenters. The van der Waals surface area contributed by atoms with Gasteiger partial charge in [0, 0.05) is 47.6 Å². The highest BCUT2D eigenvalue weighted by Gasteiger charge is 2.24. The van der Waals surface area contributed by atoms with Crippen molar-refractivity contribution >= 4 is 39.1 Å². The average molecular weight is 575 g/mol. The molecule has 1 aromatic heterocycles. The lowest BCUT2D eigenvalue weighted by Gasteiger charge is -2.31. The first kappa shape index (κ1) is 26.5. The molecule has 1 saturated heterocycles. The number of morpholine rings is 1. The van der Waals surface area contributed by atoms with Crippen LogP contribution in [0.1, 0.15) is 20.8 Å². The van der Waals surface area contributed by atoms with E-state index in [0.29, 0.717) is 45.0 Å². The lowest BCUT2D eigenvalue weighted by atomic mass is 10.2. The Bertz CT molecular complexity index is 1140. The standard InChI is InChI=1S/C27H29BrFN3O3S/c28-23-4-1-3-22(17-23)27(34)31(11-10-30-12-14-35-15-13-30)20-26(33)32(19-25-5-2-16-36-25)18-21-6-8-24(29)9-7-21/h1-9,16-17H,10-15,18-20H2. The van der Waals surface area contributed by atoms with Crippen LogP contribution in [-0.4, -0.2) is 72.5 Å². The summed E-state index contributed by atoms with van der Waals surface area (Å²) >= 11 is 5.01. The molecule has 0 bridgehead atoms. The van der Waals surface area contributed by atoms with E-state index in [1.165, 1.54) is 12.1 Å². The van der Waals surface area contributed by atoms with Gasteiger partial charge >= 0.3 is 0 Å². The molecule has 2 heterocycles. The van der Waals surface area contributed by atoms with E-state index in [2.05, 4.69) is 20.8 Å². The minimum Gasteiger partial charge on any atom is -0.379 e. The second kappa shape index (κ2) is 13.1. The van der Waals surface area contributed by atoms with Crippen LogP contribution in [0.5, 0.6) is 0 Å². The van der Waals surface area contributed by atoms with Crippen molar-refractivity contribution in [3.63, 3.8) is 0 Å². The van der Waals surface area contributed by atoms with Gasteiger partial charge in [-0.25, -0.2) is 4.39 Å². The van der Waals surface area contributed by atoms with Crippen LogP contribution < -0.4 is 0 Å². The highest BCUT2D eigenvalue weighted by Crippen LogP contribution is 2.17. The third-order valence-corrected chi connectivity index (χ3v) is 7.40. The van der Waals surface area contributed by atoms with Crippen molar-refractivity contribution in [3.05, 3.63) is 92.3 Å². The van der Waals surface area contributed by atoms with Gasteiger partial charge in [0.05, 0.1) is 19.8 Å². The first-order valence-corrected chi connectivity index (χ1v) is 13.5. The summed E-state index contributed by atoms with van der Waals surface area (Å²) in [6.07, 6.45) is 0. The highest BCUT2D eigenvalue weighted by atomic mass is 79.9. The summed E-state index contributed by atoms with van der Waals surface area (Å²) in [5.74, 6) is -0.655. The number of carbonyl (C=O) groups excluding carboxylic acids is 2. The summed E-state index contributed by atoms with van der Waals surface area (Å²) < 4.78 is 19.7. The maximum Gasteiger partial charge on any atom is 0.254 e. The molecule has 1 aliphatic rings. The molecular formula is C27H29BrFN3O3S. The summed E-state index contributed by atoms with van der Waals surface area (Å²) in [5.41, 5.74) is 1.36. The second-order valence-corrected chi connectivity index (χ2v) is 10.6. The van der Waals surface area contributed by atoms with Crippen molar-refractivity contribution in [2.75, 3.05) is 45.9 Å². The van der Waals surface area contributed by atoms with Crippen molar-refractivity contribution in [2.24, 2.45) is 0 Å². The smallest absolute Gasteiger partial charge is 0.254 e. The van der Waals surface area contributed by atoms with Crippen molar-refractivity contribution in [1.29, 1.82) is 0 Å². The number of ether oxygens (including phenoxy) is 1. The number of nitrogens with zero attached hydrogens (tertiary/aromatic N) is 3. The van der Waals surface area contributed by atoms with E-state index >= 15 is 0 Å². The zero-order valence-corrected chi connectivity index (χ0v) is 22.3. The van der Waals surface area contributed by atoms with Crippen LogP contribution in [-0.2, 0) is 22.6 Å². The number of halogens is 2. The number of carbonyl (C=O) groups is 2. The molecule has 0 spiro atoms. The number of thiophene rings is 1. The van der Waals surface area contributed by atoms with Gasteiger partial charge in [-0.3, -0.25) is 14.5 Å². The molecule has 0 saturated carbocycles. The van der Waals surface area contributed by atoms with E-state index in [-0.39, 0.29) is 24.2 Å². The van der Waals surface area contributed by atoms with E-state index in [1.54, 1.807) is 45.4 Å². The van der Waals surface area contributed by atoms with Crippen molar-refractivity contribution < 1.29 is 18.7 Å². The van der Waals surface area contributed by atoms with Crippen molar-refractivity contribution in [3.8, 4) is 0 Å². The number of benzene rings is 2. The molecule has 0 aliphatic carbocycles. The van der Waals surface area contributed by atoms with Crippen LogP contribution in [0.2, 0.25) is 0 Å². The Morgan fingerprint density at radius 1 is 1.00 bits per heavy atom. The van der Waals surface area contributed by atoms with Crippen LogP contribution in [0.3, 0.4) is 0 Å². The van der Waals surface area contributed by atoms with Crippen LogP contribution in [0.15, 0.2) is 70.5 Å². The third-order valence-electron chi connectivity index (χ3n) is 6.04. The molecule has 190 valence electrons. The van der Waals surface area contributed by atoms with Crippen LogP contribution in [0.4, 0.5) is 4.39 Å².